The standard InChI is InChI=1S/C14H20N4O3/c15-14(20)12-9-21-6-5-18(12)8-11-3-1-10(2-4-11)7-13(19)17-16/h1-4,12H,5-9,16H2,(H2,15,20)(H,17,19). The highest BCUT2D eigenvalue weighted by Crippen LogP contribution is 2.13. The molecule has 2 amide bonds. The molecule has 1 unspecified atom stereocenters. The average Bonchev–Trinajstić information content (AvgIpc) is 2.49. The minimum atomic E-state index is -0.388. The van der Waals surface area contributed by atoms with Crippen LogP contribution in [-0.2, 0) is 27.3 Å². The van der Waals surface area contributed by atoms with Crippen LogP contribution >= 0.6 is 0 Å². The number of amides is 2. The molecule has 0 spiro atoms. The fraction of sp³-hybridized carbons (Fsp3) is 0.429. The van der Waals surface area contributed by atoms with Crippen LogP contribution in [-0.4, -0.2) is 42.5 Å². The van der Waals surface area contributed by atoms with Gasteiger partial charge in [0.2, 0.25) is 11.8 Å². The maximum Gasteiger partial charge on any atom is 0.238 e. The van der Waals surface area contributed by atoms with Crippen LogP contribution < -0.4 is 17.0 Å². The Morgan fingerprint density at radius 3 is 2.57 bits per heavy atom. The van der Waals surface area contributed by atoms with Crippen molar-refractivity contribution in [3.63, 3.8) is 0 Å². The Morgan fingerprint density at radius 1 is 1.29 bits per heavy atom. The lowest BCUT2D eigenvalue weighted by Crippen LogP contribution is -2.51. The molecule has 1 aromatic carbocycles. The molecule has 1 saturated heterocycles. The van der Waals surface area contributed by atoms with Gasteiger partial charge in [-0.1, -0.05) is 24.3 Å². The SMILES string of the molecule is NNC(=O)Cc1ccc(CN2CCOCC2C(N)=O)cc1. The van der Waals surface area contributed by atoms with Gasteiger partial charge in [-0.2, -0.15) is 0 Å². The van der Waals surface area contributed by atoms with Crippen molar-refractivity contribution in [2.45, 2.75) is 19.0 Å². The van der Waals surface area contributed by atoms with Gasteiger partial charge in [0.15, 0.2) is 0 Å². The zero-order valence-electron chi connectivity index (χ0n) is 11.7. The molecule has 1 atom stereocenters. The fourth-order valence-corrected chi connectivity index (χ4v) is 2.32. The van der Waals surface area contributed by atoms with E-state index in [1.165, 1.54) is 0 Å². The van der Waals surface area contributed by atoms with Gasteiger partial charge in [0.25, 0.3) is 0 Å². The Labute approximate surface area is 123 Å². The third kappa shape index (κ3) is 4.25. The summed E-state index contributed by atoms with van der Waals surface area (Å²) in [5.41, 5.74) is 9.43. The van der Waals surface area contributed by atoms with E-state index in [1.54, 1.807) is 0 Å². The van der Waals surface area contributed by atoms with Gasteiger partial charge in [0, 0.05) is 13.1 Å². The number of nitrogens with two attached hydrogens (primary N) is 2. The van der Waals surface area contributed by atoms with Crippen molar-refractivity contribution < 1.29 is 14.3 Å². The van der Waals surface area contributed by atoms with Crippen LogP contribution in [0.1, 0.15) is 11.1 Å². The number of morpholine rings is 1. The van der Waals surface area contributed by atoms with Gasteiger partial charge in [-0.15, -0.1) is 0 Å². The van der Waals surface area contributed by atoms with E-state index in [0.29, 0.717) is 26.3 Å². The topological polar surface area (TPSA) is 111 Å². The Balaban J connectivity index is 1.98. The van der Waals surface area contributed by atoms with Gasteiger partial charge in [-0.05, 0) is 11.1 Å². The molecule has 1 aliphatic rings. The van der Waals surface area contributed by atoms with Gasteiger partial charge >= 0.3 is 0 Å². The van der Waals surface area contributed by atoms with Gasteiger partial charge in [-0.25, -0.2) is 5.84 Å². The molecule has 1 aliphatic heterocycles. The minimum Gasteiger partial charge on any atom is -0.378 e. The number of carbonyl (C=O) groups excluding carboxylic acids is 2. The molecule has 1 fully saturated rings. The van der Waals surface area contributed by atoms with Crippen molar-refractivity contribution >= 4 is 11.8 Å². The fourth-order valence-electron chi connectivity index (χ4n) is 2.32. The summed E-state index contributed by atoms with van der Waals surface area (Å²) in [6.07, 6.45) is 0.248. The van der Waals surface area contributed by atoms with Crippen LogP contribution in [0, 0.1) is 0 Å². The number of hydrogen-bond donors (Lipinski definition) is 3. The Morgan fingerprint density at radius 2 is 1.95 bits per heavy atom. The number of benzene rings is 1. The molecule has 114 valence electrons. The van der Waals surface area contributed by atoms with Gasteiger partial charge in [0.1, 0.15) is 6.04 Å². The summed E-state index contributed by atoms with van der Waals surface area (Å²) in [5, 5.41) is 0. The third-order valence-electron chi connectivity index (χ3n) is 3.50. The molecule has 0 bridgehead atoms. The minimum absolute atomic E-state index is 0.232. The zero-order chi connectivity index (χ0) is 15.2. The highest BCUT2D eigenvalue weighted by Gasteiger charge is 2.27. The van der Waals surface area contributed by atoms with Crippen LogP contribution in [0.15, 0.2) is 24.3 Å². The summed E-state index contributed by atoms with van der Waals surface area (Å²) >= 11 is 0. The van der Waals surface area contributed by atoms with E-state index in [9.17, 15) is 9.59 Å². The third-order valence-corrected chi connectivity index (χ3v) is 3.50. The number of nitrogens with zero attached hydrogens (tertiary/aromatic N) is 1. The van der Waals surface area contributed by atoms with E-state index in [0.717, 1.165) is 11.1 Å². The lowest BCUT2D eigenvalue weighted by molar-refractivity contribution is -0.129. The first-order valence-corrected chi connectivity index (χ1v) is 6.78. The van der Waals surface area contributed by atoms with Crippen LogP contribution in [0.3, 0.4) is 0 Å². The number of rotatable bonds is 5. The Kier molecular flexibility index (Phi) is 5.26. The van der Waals surface area contributed by atoms with E-state index >= 15 is 0 Å². The molecular formula is C14H20N4O3. The summed E-state index contributed by atoms with van der Waals surface area (Å²) < 4.78 is 5.29. The summed E-state index contributed by atoms with van der Waals surface area (Å²) in [6, 6.07) is 7.25. The van der Waals surface area contributed by atoms with Gasteiger partial charge in [0.05, 0.1) is 19.6 Å². The summed E-state index contributed by atoms with van der Waals surface area (Å²) in [6.45, 7) is 2.23. The van der Waals surface area contributed by atoms with E-state index in [2.05, 4.69) is 5.43 Å². The van der Waals surface area contributed by atoms with Gasteiger partial charge < -0.3 is 10.5 Å². The van der Waals surface area contributed by atoms with Crippen molar-refractivity contribution in [2.24, 2.45) is 11.6 Å². The van der Waals surface area contributed by atoms with Crippen molar-refractivity contribution in [3.05, 3.63) is 35.4 Å². The molecule has 7 nitrogen and oxygen atoms in total. The molecule has 0 aliphatic carbocycles. The van der Waals surface area contributed by atoms with E-state index in [4.69, 9.17) is 16.3 Å². The molecule has 7 heteroatoms. The largest absolute Gasteiger partial charge is 0.378 e. The first kappa shape index (κ1) is 15.4. The quantitative estimate of drug-likeness (QED) is 0.363. The Bertz CT molecular complexity index is 503. The second-order valence-corrected chi connectivity index (χ2v) is 5.02. The summed E-state index contributed by atoms with van der Waals surface area (Å²) in [4.78, 5) is 24.6. The second kappa shape index (κ2) is 7.16. The number of hydrogen-bond acceptors (Lipinski definition) is 5. The van der Waals surface area contributed by atoms with E-state index < -0.39 is 0 Å². The predicted octanol–water partition coefficient (Wildman–Crippen LogP) is -1.09. The number of primary amides is 1. The highest BCUT2D eigenvalue weighted by molar-refractivity contribution is 5.80. The molecule has 0 aromatic heterocycles. The van der Waals surface area contributed by atoms with Crippen molar-refractivity contribution in [2.75, 3.05) is 19.8 Å². The smallest absolute Gasteiger partial charge is 0.238 e. The van der Waals surface area contributed by atoms with Crippen molar-refractivity contribution in [1.29, 1.82) is 0 Å². The second-order valence-electron chi connectivity index (χ2n) is 5.02. The molecule has 2 rings (SSSR count). The normalized spacial score (nSPS) is 19.2. The molecule has 1 heterocycles. The van der Waals surface area contributed by atoms with Crippen LogP contribution in [0.2, 0.25) is 0 Å². The number of hydrazine groups is 1. The first-order chi connectivity index (χ1) is 10.1. The number of ether oxygens (including phenoxy) is 1. The summed E-state index contributed by atoms with van der Waals surface area (Å²) in [7, 11) is 0. The predicted molar refractivity (Wildman–Crippen MR) is 76.7 cm³/mol. The molecule has 0 radical (unpaired) electrons. The van der Waals surface area contributed by atoms with Crippen LogP contribution in [0.5, 0.6) is 0 Å². The highest BCUT2D eigenvalue weighted by atomic mass is 16.5. The summed E-state index contributed by atoms with van der Waals surface area (Å²) in [5.74, 6) is 4.45. The first-order valence-electron chi connectivity index (χ1n) is 6.78. The Hall–Kier alpha value is -1.96. The van der Waals surface area contributed by atoms with Crippen molar-refractivity contribution in [1.82, 2.24) is 10.3 Å². The molecule has 5 N–H and O–H groups in total. The molecular weight excluding hydrogens is 272 g/mol. The van der Waals surface area contributed by atoms with Crippen LogP contribution in [0.25, 0.3) is 0 Å². The monoisotopic (exact) mass is 292 g/mol. The zero-order valence-corrected chi connectivity index (χ0v) is 11.7. The maximum absolute atomic E-state index is 11.4. The van der Waals surface area contributed by atoms with Gasteiger partial charge in [-0.3, -0.25) is 19.9 Å². The molecule has 1 aromatic rings. The molecule has 0 saturated carbocycles. The van der Waals surface area contributed by atoms with Crippen molar-refractivity contribution in [3.8, 4) is 0 Å². The molecule has 21 heavy (non-hydrogen) atoms. The number of nitrogens with one attached hydrogen (secondary N) is 1. The lowest BCUT2D eigenvalue weighted by Gasteiger charge is -2.33. The van der Waals surface area contributed by atoms with E-state index in [-0.39, 0.29) is 24.3 Å². The maximum atomic E-state index is 11.4. The number of carbonyl (C=O) groups is 2. The van der Waals surface area contributed by atoms with E-state index in [1.807, 2.05) is 29.2 Å². The average molecular weight is 292 g/mol. The van der Waals surface area contributed by atoms with Crippen LogP contribution in [0.4, 0.5) is 0 Å². The lowest BCUT2D eigenvalue weighted by atomic mass is 10.1.